The monoisotopic (exact) mass is 335 g/mol. The number of nitrogens with two attached hydrogens (primary N) is 1. The number of rotatable bonds is 4. The van der Waals surface area contributed by atoms with Gasteiger partial charge in [-0.05, 0) is 42.3 Å². The van der Waals surface area contributed by atoms with Crippen molar-refractivity contribution in [3.63, 3.8) is 0 Å². The molecule has 4 heteroatoms. The van der Waals surface area contributed by atoms with Crippen LogP contribution in [0.2, 0.25) is 0 Å². The average Bonchev–Trinajstić information content (AvgIpc) is 2.49. The lowest BCUT2D eigenvalue weighted by Crippen LogP contribution is -2.13. The molecule has 0 aliphatic rings. The fourth-order valence-electron chi connectivity index (χ4n) is 2.08. The van der Waals surface area contributed by atoms with E-state index in [-0.39, 0.29) is 6.04 Å². The molecule has 0 saturated carbocycles. The Balaban J connectivity index is 2.41. The van der Waals surface area contributed by atoms with E-state index < -0.39 is 0 Å². The molecule has 106 valence electrons. The molecule has 0 aliphatic carbocycles. The zero-order chi connectivity index (χ0) is 14.7. The van der Waals surface area contributed by atoms with Gasteiger partial charge in [-0.2, -0.15) is 0 Å². The van der Waals surface area contributed by atoms with Crippen molar-refractivity contribution in [2.45, 2.75) is 13.0 Å². The minimum absolute atomic E-state index is 0.243. The SMILES string of the molecule is COc1ccc(C(N)c2cc(Br)c(C)cc2OC)cc1. The van der Waals surface area contributed by atoms with Crippen molar-refractivity contribution in [1.29, 1.82) is 0 Å². The van der Waals surface area contributed by atoms with Gasteiger partial charge in [-0.15, -0.1) is 0 Å². The van der Waals surface area contributed by atoms with E-state index in [4.69, 9.17) is 15.2 Å². The zero-order valence-electron chi connectivity index (χ0n) is 11.8. The summed E-state index contributed by atoms with van der Waals surface area (Å²) in [7, 11) is 3.31. The van der Waals surface area contributed by atoms with Gasteiger partial charge < -0.3 is 15.2 Å². The summed E-state index contributed by atoms with van der Waals surface area (Å²) in [6.45, 7) is 2.02. The van der Waals surface area contributed by atoms with Crippen LogP contribution in [0.25, 0.3) is 0 Å². The van der Waals surface area contributed by atoms with Gasteiger partial charge in [0.25, 0.3) is 0 Å². The lowest BCUT2D eigenvalue weighted by Gasteiger charge is -2.18. The van der Waals surface area contributed by atoms with Crippen LogP contribution in [0.3, 0.4) is 0 Å². The predicted octanol–water partition coefficient (Wildman–Crippen LogP) is 3.82. The Hall–Kier alpha value is -1.52. The van der Waals surface area contributed by atoms with Gasteiger partial charge in [0.05, 0.1) is 20.3 Å². The summed E-state index contributed by atoms with van der Waals surface area (Å²) >= 11 is 3.54. The van der Waals surface area contributed by atoms with Crippen LogP contribution in [0.5, 0.6) is 11.5 Å². The normalized spacial score (nSPS) is 12.1. The van der Waals surface area contributed by atoms with Gasteiger partial charge in [-0.3, -0.25) is 0 Å². The Bertz CT molecular complexity index is 596. The third kappa shape index (κ3) is 2.97. The van der Waals surface area contributed by atoms with E-state index in [0.717, 1.165) is 32.7 Å². The smallest absolute Gasteiger partial charge is 0.124 e. The van der Waals surface area contributed by atoms with Crippen molar-refractivity contribution < 1.29 is 9.47 Å². The van der Waals surface area contributed by atoms with Crippen molar-refractivity contribution in [1.82, 2.24) is 0 Å². The fourth-order valence-corrected chi connectivity index (χ4v) is 2.44. The largest absolute Gasteiger partial charge is 0.497 e. The fraction of sp³-hybridized carbons (Fsp3) is 0.250. The van der Waals surface area contributed by atoms with Gasteiger partial charge in [0.15, 0.2) is 0 Å². The van der Waals surface area contributed by atoms with Crippen molar-refractivity contribution in [2.75, 3.05) is 14.2 Å². The van der Waals surface area contributed by atoms with E-state index in [9.17, 15) is 0 Å². The molecule has 0 fully saturated rings. The second kappa shape index (κ2) is 6.29. The van der Waals surface area contributed by atoms with Gasteiger partial charge in [0.1, 0.15) is 11.5 Å². The highest BCUT2D eigenvalue weighted by Crippen LogP contribution is 2.33. The van der Waals surface area contributed by atoms with Crippen LogP contribution < -0.4 is 15.2 Å². The van der Waals surface area contributed by atoms with Gasteiger partial charge in [-0.25, -0.2) is 0 Å². The summed E-state index contributed by atoms with van der Waals surface area (Å²) in [5, 5.41) is 0. The van der Waals surface area contributed by atoms with E-state index in [1.54, 1.807) is 14.2 Å². The molecular formula is C16H18BrNO2. The summed E-state index contributed by atoms with van der Waals surface area (Å²) < 4.78 is 11.6. The van der Waals surface area contributed by atoms with Crippen molar-refractivity contribution in [3.8, 4) is 11.5 Å². The molecule has 2 N–H and O–H groups in total. The van der Waals surface area contributed by atoms with Crippen LogP contribution >= 0.6 is 15.9 Å². The molecule has 0 spiro atoms. The van der Waals surface area contributed by atoms with Crippen LogP contribution in [0, 0.1) is 6.92 Å². The topological polar surface area (TPSA) is 44.5 Å². The van der Waals surface area contributed by atoms with Crippen LogP contribution in [-0.2, 0) is 0 Å². The average molecular weight is 336 g/mol. The zero-order valence-corrected chi connectivity index (χ0v) is 13.4. The van der Waals surface area contributed by atoms with Crippen LogP contribution in [0.1, 0.15) is 22.7 Å². The first-order valence-electron chi connectivity index (χ1n) is 6.30. The standard InChI is InChI=1S/C16H18BrNO2/c1-10-8-15(20-3)13(9-14(10)17)16(18)11-4-6-12(19-2)7-5-11/h4-9,16H,18H2,1-3H3. The third-order valence-corrected chi connectivity index (χ3v) is 4.18. The van der Waals surface area contributed by atoms with Crippen LogP contribution in [0.4, 0.5) is 0 Å². The highest BCUT2D eigenvalue weighted by Gasteiger charge is 2.16. The molecule has 20 heavy (non-hydrogen) atoms. The summed E-state index contributed by atoms with van der Waals surface area (Å²) in [5.41, 5.74) is 9.45. The first kappa shape index (κ1) is 14.9. The Morgan fingerprint density at radius 1 is 1.05 bits per heavy atom. The van der Waals surface area contributed by atoms with Crippen molar-refractivity contribution in [2.24, 2.45) is 5.73 Å². The van der Waals surface area contributed by atoms with Gasteiger partial charge in [0, 0.05) is 10.0 Å². The number of ether oxygens (including phenoxy) is 2. The Morgan fingerprint density at radius 3 is 2.25 bits per heavy atom. The van der Waals surface area contributed by atoms with Gasteiger partial charge >= 0.3 is 0 Å². The highest BCUT2D eigenvalue weighted by atomic mass is 79.9. The first-order valence-corrected chi connectivity index (χ1v) is 7.09. The Kier molecular flexibility index (Phi) is 4.68. The number of methoxy groups -OCH3 is 2. The molecule has 0 aromatic heterocycles. The number of hydrogen-bond acceptors (Lipinski definition) is 3. The molecule has 0 amide bonds. The van der Waals surface area contributed by atoms with E-state index in [1.165, 1.54) is 0 Å². The minimum Gasteiger partial charge on any atom is -0.497 e. The Labute approximate surface area is 127 Å². The van der Waals surface area contributed by atoms with E-state index >= 15 is 0 Å². The van der Waals surface area contributed by atoms with Gasteiger partial charge in [-0.1, -0.05) is 28.1 Å². The van der Waals surface area contributed by atoms with Crippen LogP contribution in [-0.4, -0.2) is 14.2 Å². The van der Waals surface area contributed by atoms with Crippen molar-refractivity contribution in [3.05, 3.63) is 57.6 Å². The molecule has 0 radical (unpaired) electrons. The molecular weight excluding hydrogens is 318 g/mol. The summed E-state index contributed by atoms with van der Waals surface area (Å²) in [6, 6.07) is 11.5. The molecule has 2 aromatic carbocycles. The number of hydrogen-bond donors (Lipinski definition) is 1. The van der Waals surface area contributed by atoms with E-state index in [1.807, 2.05) is 43.3 Å². The number of aryl methyl sites for hydroxylation is 1. The number of halogens is 1. The second-order valence-electron chi connectivity index (χ2n) is 4.59. The number of benzene rings is 2. The lowest BCUT2D eigenvalue weighted by molar-refractivity contribution is 0.407. The lowest BCUT2D eigenvalue weighted by atomic mass is 9.97. The molecule has 1 atom stereocenters. The quantitative estimate of drug-likeness (QED) is 0.923. The summed E-state index contributed by atoms with van der Waals surface area (Å²) in [4.78, 5) is 0. The molecule has 1 unspecified atom stereocenters. The molecule has 0 aliphatic heterocycles. The maximum absolute atomic E-state index is 6.36. The molecule has 0 bridgehead atoms. The summed E-state index contributed by atoms with van der Waals surface area (Å²) in [6.07, 6.45) is 0. The van der Waals surface area contributed by atoms with Crippen LogP contribution in [0.15, 0.2) is 40.9 Å². The second-order valence-corrected chi connectivity index (χ2v) is 5.45. The molecule has 2 rings (SSSR count). The predicted molar refractivity (Wildman–Crippen MR) is 84.5 cm³/mol. The highest BCUT2D eigenvalue weighted by molar-refractivity contribution is 9.10. The Morgan fingerprint density at radius 2 is 1.70 bits per heavy atom. The molecule has 0 saturated heterocycles. The summed E-state index contributed by atoms with van der Waals surface area (Å²) in [5.74, 6) is 1.62. The van der Waals surface area contributed by atoms with Crippen molar-refractivity contribution >= 4 is 15.9 Å². The van der Waals surface area contributed by atoms with E-state index in [2.05, 4.69) is 15.9 Å². The molecule has 3 nitrogen and oxygen atoms in total. The maximum atomic E-state index is 6.36. The van der Waals surface area contributed by atoms with E-state index in [0.29, 0.717) is 0 Å². The molecule has 2 aromatic rings. The maximum Gasteiger partial charge on any atom is 0.124 e. The van der Waals surface area contributed by atoms with Gasteiger partial charge in [0.2, 0.25) is 0 Å². The molecule has 0 heterocycles. The first-order chi connectivity index (χ1) is 9.56. The third-order valence-electron chi connectivity index (χ3n) is 3.32. The minimum atomic E-state index is -0.243.